The maximum atomic E-state index is 2.59. The fourth-order valence-electron chi connectivity index (χ4n) is 4.34. The van der Waals surface area contributed by atoms with Gasteiger partial charge in [0, 0.05) is 42.1 Å². The first-order valence-corrected chi connectivity index (χ1v) is 9.42. The molecule has 2 aromatic carbocycles. The number of likely N-dealkylation sites (N-methyl/N-ethyl adjacent to an activating group) is 1. The molecule has 1 aliphatic heterocycles. The van der Waals surface area contributed by atoms with Crippen LogP contribution in [0.1, 0.15) is 40.9 Å². The van der Waals surface area contributed by atoms with Gasteiger partial charge in [-0.15, -0.1) is 0 Å². The zero-order valence-corrected chi connectivity index (χ0v) is 15.8. The van der Waals surface area contributed by atoms with Gasteiger partial charge in [-0.3, -0.25) is 4.90 Å². The van der Waals surface area contributed by atoms with Crippen LogP contribution < -0.4 is 0 Å². The molecule has 0 aliphatic carbocycles. The molecule has 0 radical (unpaired) electrons. The van der Waals surface area contributed by atoms with Crippen molar-refractivity contribution < 1.29 is 0 Å². The number of fused-ring (bicyclic) bond motifs is 3. The molecule has 3 aromatic rings. The van der Waals surface area contributed by atoms with Crippen molar-refractivity contribution in [2.24, 2.45) is 0 Å². The molecule has 4 rings (SSSR count). The molecule has 1 unspecified atom stereocenters. The molecular weight excluding hydrogens is 304 g/mol. The van der Waals surface area contributed by atoms with E-state index in [1.807, 2.05) is 0 Å². The predicted molar refractivity (Wildman–Crippen MR) is 106 cm³/mol. The summed E-state index contributed by atoms with van der Waals surface area (Å²) in [6.07, 6.45) is 2.24. The second-order valence-corrected chi connectivity index (χ2v) is 7.68. The summed E-state index contributed by atoms with van der Waals surface area (Å²) in [5, 5.41) is 1.46. The van der Waals surface area contributed by atoms with Gasteiger partial charge in [0.25, 0.3) is 0 Å². The average molecular weight is 332 g/mol. The van der Waals surface area contributed by atoms with E-state index in [0.717, 1.165) is 25.9 Å². The highest BCUT2D eigenvalue weighted by Crippen LogP contribution is 2.37. The third-order valence-electron chi connectivity index (χ3n) is 5.86. The molecule has 0 bridgehead atoms. The third kappa shape index (κ3) is 2.89. The molecule has 2 heteroatoms. The van der Waals surface area contributed by atoms with Gasteiger partial charge in [-0.05, 0) is 57.5 Å². The van der Waals surface area contributed by atoms with Crippen molar-refractivity contribution in [2.75, 3.05) is 13.6 Å². The van der Waals surface area contributed by atoms with Crippen molar-refractivity contribution in [3.05, 3.63) is 70.4 Å². The largest absolute Gasteiger partial charge is 0.344 e. The third-order valence-corrected chi connectivity index (χ3v) is 5.86. The summed E-state index contributed by atoms with van der Waals surface area (Å²) in [7, 11) is 2.25. The van der Waals surface area contributed by atoms with E-state index in [1.165, 1.54) is 27.6 Å². The van der Waals surface area contributed by atoms with Crippen molar-refractivity contribution >= 4 is 10.9 Å². The van der Waals surface area contributed by atoms with E-state index < -0.39 is 0 Å². The normalized spacial score (nSPS) is 17.8. The molecular formula is C23H28N2. The Morgan fingerprint density at radius 1 is 1.04 bits per heavy atom. The molecule has 2 heterocycles. The number of nitrogens with zero attached hydrogens (tertiary/aromatic N) is 2. The van der Waals surface area contributed by atoms with Crippen LogP contribution in [0.3, 0.4) is 0 Å². The van der Waals surface area contributed by atoms with E-state index in [-0.39, 0.29) is 0 Å². The van der Waals surface area contributed by atoms with Crippen LogP contribution in [0.25, 0.3) is 10.9 Å². The molecule has 0 spiro atoms. The lowest BCUT2D eigenvalue weighted by Crippen LogP contribution is -2.31. The molecule has 0 amide bonds. The maximum absolute atomic E-state index is 2.59. The summed E-state index contributed by atoms with van der Waals surface area (Å²) in [5.41, 5.74) is 8.65. The fourth-order valence-corrected chi connectivity index (χ4v) is 4.34. The van der Waals surface area contributed by atoms with Gasteiger partial charge in [-0.1, -0.05) is 41.5 Å². The number of benzene rings is 2. The Hall–Kier alpha value is -2.06. The van der Waals surface area contributed by atoms with E-state index in [2.05, 4.69) is 79.8 Å². The molecule has 1 aromatic heterocycles. The molecule has 0 N–H and O–H groups in total. The standard InChI is InChI=1S/C23H28N2/c1-16-6-5-7-19(14-16)10-13-25-21-9-8-17(2)15-20(21)23-18(3)24(4)12-11-22(23)25/h5-9,14-15,18H,10-13H2,1-4H3. The first kappa shape index (κ1) is 16.4. The summed E-state index contributed by atoms with van der Waals surface area (Å²) in [5.74, 6) is 0. The SMILES string of the molecule is Cc1cccc(CCn2c3c(c4cc(C)ccc42)C(C)N(C)CC3)c1. The molecule has 0 saturated heterocycles. The van der Waals surface area contributed by atoms with Crippen LogP contribution in [-0.2, 0) is 19.4 Å². The van der Waals surface area contributed by atoms with Gasteiger partial charge < -0.3 is 4.57 Å². The van der Waals surface area contributed by atoms with Crippen LogP contribution in [0.15, 0.2) is 42.5 Å². The van der Waals surface area contributed by atoms with E-state index in [1.54, 1.807) is 11.3 Å². The van der Waals surface area contributed by atoms with Crippen molar-refractivity contribution in [3.8, 4) is 0 Å². The number of aromatic nitrogens is 1. The highest BCUT2D eigenvalue weighted by atomic mass is 15.1. The Morgan fingerprint density at radius 2 is 1.84 bits per heavy atom. The molecule has 1 aliphatic rings. The second kappa shape index (κ2) is 6.34. The first-order chi connectivity index (χ1) is 12.0. The number of aryl methyl sites for hydroxylation is 4. The van der Waals surface area contributed by atoms with Crippen LogP contribution in [0.5, 0.6) is 0 Å². The van der Waals surface area contributed by atoms with Gasteiger partial charge in [-0.25, -0.2) is 0 Å². The molecule has 25 heavy (non-hydrogen) atoms. The van der Waals surface area contributed by atoms with Crippen molar-refractivity contribution in [2.45, 2.75) is 46.2 Å². The lowest BCUT2D eigenvalue weighted by atomic mass is 9.97. The summed E-state index contributed by atoms with van der Waals surface area (Å²) in [6, 6.07) is 16.4. The van der Waals surface area contributed by atoms with Crippen LogP contribution in [-0.4, -0.2) is 23.1 Å². The molecule has 130 valence electrons. The Bertz CT molecular complexity index is 919. The minimum absolute atomic E-state index is 0.494. The summed E-state index contributed by atoms with van der Waals surface area (Å²) >= 11 is 0. The average Bonchev–Trinajstić information content (AvgIpc) is 2.90. The van der Waals surface area contributed by atoms with Crippen molar-refractivity contribution in [1.29, 1.82) is 0 Å². The van der Waals surface area contributed by atoms with Gasteiger partial charge in [-0.2, -0.15) is 0 Å². The van der Waals surface area contributed by atoms with Crippen LogP contribution in [0, 0.1) is 13.8 Å². The minimum Gasteiger partial charge on any atom is -0.344 e. The highest BCUT2D eigenvalue weighted by Gasteiger charge is 2.27. The van der Waals surface area contributed by atoms with Gasteiger partial charge in [0.05, 0.1) is 0 Å². The summed E-state index contributed by atoms with van der Waals surface area (Å²) in [4.78, 5) is 2.48. The Labute approximate surface area is 151 Å². The minimum atomic E-state index is 0.494. The Kier molecular flexibility index (Phi) is 4.16. The van der Waals surface area contributed by atoms with Gasteiger partial charge >= 0.3 is 0 Å². The number of hydrogen-bond acceptors (Lipinski definition) is 1. The first-order valence-electron chi connectivity index (χ1n) is 9.42. The topological polar surface area (TPSA) is 8.17 Å². The lowest BCUT2D eigenvalue weighted by Gasteiger charge is -2.31. The van der Waals surface area contributed by atoms with E-state index in [0.29, 0.717) is 6.04 Å². The van der Waals surface area contributed by atoms with Gasteiger partial charge in [0.15, 0.2) is 0 Å². The summed E-state index contributed by atoms with van der Waals surface area (Å²) < 4.78 is 2.59. The Balaban J connectivity index is 1.78. The van der Waals surface area contributed by atoms with Crippen molar-refractivity contribution in [3.63, 3.8) is 0 Å². The fraction of sp³-hybridized carbons (Fsp3) is 0.391. The number of rotatable bonds is 3. The smallest absolute Gasteiger partial charge is 0.0486 e. The predicted octanol–water partition coefficient (Wildman–Crippen LogP) is 5.05. The molecule has 2 nitrogen and oxygen atoms in total. The summed E-state index contributed by atoms with van der Waals surface area (Å²) in [6.45, 7) is 8.94. The second-order valence-electron chi connectivity index (χ2n) is 7.68. The monoisotopic (exact) mass is 332 g/mol. The zero-order chi connectivity index (χ0) is 17.6. The van der Waals surface area contributed by atoms with Crippen LogP contribution in [0.2, 0.25) is 0 Å². The quantitative estimate of drug-likeness (QED) is 0.651. The molecule has 0 saturated carbocycles. The van der Waals surface area contributed by atoms with E-state index in [9.17, 15) is 0 Å². The van der Waals surface area contributed by atoms with Crippen LogP contribution in [0.4, 0.5) is 0 Å². The zero-order valence-electron chi connectivity index (χ0n) is 15.8. The van der Waals surface area contributed by atoms with E-state index in [4.69, 9.17) is 0 Å². The molecule has 1 atom stereocenters. The van der Waals surface area contributed by atoms with Gasteiger partial charge in [0.1, 0.15) is 0 Å². The van der Waals surface area contributed by atoms with Gasteiger partial charge in [0.2, 0.25) is 0 Å². The maximum Gasteiger partial charge on any atom is 0.0486 e. The molecule has 0 fully saturated rings. The van der Waals surface area contributed by atoms with Crippen LogP contribution >= 0.6 is 0 Å². The van der Waals surface area contributed by atoms with Crippen molar-refractivity contribution in [1.82, 2.24) is 9.47 Å². The van der Waals surface area contributed by atoms with E-state index >= 15 is 0 Å². The Morgan fingerprint density at radius 3 is 2.64 bits per heavy atom. The lowest BCUT2D eigenvalue weighted by molar-refractivity contribution is 0.245. The highest BCUT2D eigenvalue weighted by molar-refractivity contribution is 5.87. The number of hydrogen-bond donors (Lipinski definition) is 0.